The number of nitrogens with one attached hydrogen (secondary N) is 1. The van der Waals surface area contributed by atoms with E-state index in [1.807, 2.05) is 24.3 Å². The van der Waals surface area contributed by atoms with Gasteiger partial charge >= 0.3 is 0 Å². The molecule has 16 heavy (non-hydrogen) atoms. The van der Waals surface area contributed by atoms with E-state index in [4.69, 9.17) is 0 Å². The van der Waals surface area contributed by atoms with Crippen molar-refractivity contribution in [1.29, 1.82) is 0 Å². The van der Waals surface area contributed by atoms with Crippen molar-refractivity contribution in [3.63, 3.8) is 0 Å². The van der Waals surface area contributed by atoms with Gasteiger partial charge in [0, 0.05) is 5.69 Å². The van der Waals surface area contributed by atoms with E-state index < -0.39 is 0 Å². The Morgan fingerprint density at radius 2 is 1.75 bits per heavy atom. The molecule has 0 saturated heterocycles. The summed E-state index contributed by atoms with van der Waals surface area (Å²) in [4.78, 5) is 0. The van der Waals surface area contributed by atoms with Crippen LogP contribution in [-0.4, -0.2) is 0 Å². The summed E-state index contributed by atoms with van der Waals surface area (Å²) in [5, 5.41) is 3.45. The van der Waals surface area contributed by atoms with Crippen LogP contribution in [-0.2, 0) is 6.42 Å². The molecule has 2 heteroatoms. The number of halogens is 1. The monoisotopic (exact) mass is 213 g/mol. The minimum atomic E-state index is -0.181. The highest BCUT2D eigenvalue weighted by Gasteiger charge is 2.20. The van der Waals surface area contributed by atoms with E-state index in [2.05, 4.69) is 17.4 Å². The van der Waals surface area contributed by atoms with Crippen molar-refractivity contribution in [2.75, 3.05) is 5.32 Å². The Bertz CT molecular complexity index is 479. The zero-order valence-corrected chi connectivity index (χ0v) is 8.78. The molecule has 2 aromatic carbocycles. The van der Waals surface area contributed by atoms with E-state index in [0.29, 0.717) is 0 Å². The van der Waals surface area contributed by atoms with Gasteiger partial charge in [0.1, 0.15) is 5.82 Å². The van der Waals surface area contributed by atoms with Crippen molar-refractivity contribution >= 4 is 5.69 Å². The number of hydrogen-bond acceptors (Lipinski definition) is 1. The molecular formula is C14H12FN. The molecule has 1 aliphatic rings. The molecule has 0 fully saturated rings. The second-order valence-corrected chi connectivity index (χ2v) is 4.11. The zero-order valence-electron chi connectivity index (χ0n) is 8.78. The minimum Gasteiger partial charge on any atom is -0.378 e. The molecule has 1 N–H and O–H groups in total. The van der Waals surface area contributed by atoms with Crippen LogP contribution in [0.5, 0.6) is 0 Å². The quantitative estimate of drug-likeness (QED) is 0.764. The fourth-order valence-corrected chi connectivity index (χ4v) is 2.19. The molecule has 3 rings (SSSR count). The minimum absolute atomic E-state index is 0.181. The fourth-order valence-electron chi connectivity index (χ4n) is 2.19. The Morgan fingerprint density at radius 1 is 1.00 bits per heavy atom. The first kappa shape index (κ1) is 9.40. The third-order valence-corrected chi connectivity index (χ3v) is 3.04. The van der Waals surface area contributed by atoms with Gasteiger partial charge in [-0.15, -0.1) is 0 Å². The number of anilines is 1. The molecule has 0 aromatic heterocycles. The molecule has 1 unspecified atom stereocenters. The predicted octanol–water partition coefficient (Wildman–Crippen LogP) is 3.54. The van der Waals surface area contributed by atoms with E-state index in [9.17, 15) is 4.39 Å². The average molecular weight is 213 g/mol. The van der Waals surface area contributed by atoms with Gasteiger partial charge < -0.3 is 5.32 Å². The molecule has 80 valence electrons. The molecule has 0 spiro atoms. The molecule has 0 saturated carbocycles. The Kier molecular flexibility index (Phi) is 2.13. The standard InChI is InChI=1S/C14H12FN/c15-12-7-5-10(6-8-12)14-9-11-3-1-2-4-13(11)16-14/h1-8,14,16H,9H2. The lowest BCUT2D eigenvalue weighted by molar-refractivity contribution is 0.626. The molecule has 0 radical (unpaired) electrons. The van der Waals surface area contributed by atoms with Crippen LogP contribution in [0.15, 0.2) is 48.5 Å². The topological polar surface area (TPSA) is 12.0 Å². The van der Waals surface area contributed by atoms with Crippen molar-refractivity contribution in [3.8, 4) is 0 Å². The Hall–Kier alpha value is -1.83. The van der Waals surface area contributed by atoms with Gasteiger partial charge in [-0.25, -0.2) is 4.39 Å². The van der Waals surface area contributed by atoms with Crippen LogP contribution in [0.3, 0.4) is 0 Å². The number of rotatable bonds is 1. The molecule has 0 amide bonds. The molecule has 1 nitrogen and oxygen atoms in total. The first-order chi connectivity index (χ1) is 7.83. The molecule has 1 heterocycles. The van der Waals surface area contributed by atoms with Crippen molar-refractivity contribution in [3.05, 3.63) is 65.5 Å². The van der Waals surface area contributed by atoms with Crippen molar-refractivity contribution in [2.24, 2.45) is 0 Å². The van der Waals surface area contributed by atoms with Crippen LogP contribution < -0.4 is 5.32 Å². The third kappa shape index (κ3) is 1.56. The van der Waals surface area contributed by atoms with Gasteiger partial charge in [0.05, 0.1) is 6.04 Å². The third-order valence-electron chi connectivity index (χ3n) is 3.04. The highest BCUT2D eigenvalue weighted by Crippen LogP contribution is 2.33. The van der Waals surface area contributed by atoms with Gasteiger partial charge in [-0.1, -0.05) is 30.3 Å². The molecular weight excluding hydrogens is 201 g/mol. The summed E-state index contributed by atoms with van der Waals surface area (Å²) < 4.78 is 12.8. The molecule has 0 aliphatic carbocycles. The van der Waals surface area contributed by atoms with E-state index in [1.54, 1.807) is 0 Å². The maximum absolute atomic E-state index is 12.8. The Labute approximate surface area is 93.9 Å². The van der Waals surface area contributed by atoms with E-state index in [1.165, 1.54) is 23.4 Å². The number of fused-ring (bicyclic) bond motifs is 1. The maximum Gasteiger partial charge on any atom is 0.123 e. The zero-order chi connectivity index (χ0) is 11.0. The first-order valence-electron chi connectivity index (χ1n) is 5.43. The lowest BCUT2D eigenvalue weighted by atomic mass is 10.0. The van der Waals surface area contributed by atoms with Gasteiger partial charge in [0.15, 0.2) is 0 Å². The van der Waals surface area contributed by atoms with Gasteiger partial charge in [-0.2, -0.15) is 0 Å². The summed E-state index contributed by atoms with van der Waals surface area (Å²) in [6.07, 6.45) is 0.974. The van der Waals surface area contributed by atoms with Crippen LogP contribution in [0, 0.1) is 5.82 Å². The van der Waals surface area contributed by atoms with Gasteiger partial charge in [0.25, 0.3) is 0 Å². The van der Waals surface area contributed by atoms with Crippen LogP contribution in [0.1, 0.15) is 17.2 Å². The first-order valence-corrected chi connectivity index (χ1v) is 5.43. The van der Waals surface area contributed by atoms with E-state index in [-0.39, 0.29) is 11.9 Å². The van der Waals surface area contributed by atoms with E-state index >= 15 is 0 Å². The Balaban J connectivity index is 1.88. The predicted molar refractivity (Wildman–Crippen MR) is 62.9 cm³/mol. The van der Waals surface area contributed by atoms with Crippen molar-refractivity contribution < 1.29 is 4.39 Å². The lowest BCUT2D eigenvalue weighted by Gasteiger charge is -2.11. The number of hydrogen-bond donors (Lipinski definition) is 1. The molecule has 0 bridgehead atoms. The highest BCUT2D eigenvalue weighted by molar-refractivity contribution is 5.57. The summed E-state index contributed by atoms with van der Waals surface area (Å²) in [6, 6.07) is 15.3. The lowest BCUT2D eigenvalue weighted by Crippen LogP contribution is -2.05. The summed E-state index contributed by atoms with van der Waals surface area (Å²) in [6.45, 7) is 0. The maximum atomic E-state index is 12.8. The molecule has 2 aromatic rings. The highest BCUT2D eigenvalue weighted by atomic mass is 19.1. The Morgan fingerprint density at radius 3 is 2.50 bits per heavy atom. The SMILES string of the molecule is Fc1ccc(C2Cc3ccccc3N2)cc1. The summed E-state index contributed by atoms with van der Waals surface area (Å²) in [5.74, 6) is -0.181. The number of benzene rings is 2. The smallest absolute Gasteiger partial charge is 0.123 e. The molecule has 1 aliphatic heterocycles. The van der Waals surface area contributed by atoms with Crippen LogP contribution in [0.2, 0.25) is 0 Å². The average Bonchev–Trinajstić information content (AvgIpc) is 2.73. The second-order valence-electron chi connectivity index (χ2n) is 4.11. The molecule has 1 atom stereocenters. The van der Waals surface area contributed by atoms with Crippen LogP contribution in [0.4, 0.5) is 10.1 Å². The normalized spacial score (nSPS) is 17.9. The van der Waals surface area contributed by atoms with Crippen LogP contribution in [0.25, 0.3) is 0 Å². The summed E-state index contributed by atoms with van der Waals surface area (Å²) >= 11 is 0. The van der Waals surface area contributed by atoms with Gasteiger partial charge in [-0.3, -0.25) is 0 Å². The van der Waals surface area contributed by atoms with Gasteiger partial charge in [-0.05, 0) is 35.7 Å². The summed E-state index contributed by atoms with van der Waals surface area (Å²) in [5.41, 5.74) is 3.66. The van der Waals surface area contributed by atoms with Crippen molar-refractivity contribution in [1.82, 2.24) is 0 Å². The second kappa shape index (κ2) is 3.63. The van der Waals surface area contributed by atoms with Gasteiger partial charge in [0.2, 0.25) is 0 Å². The largest absolute Gasteiger partial charge is 0.378 e. The fraction of sp³-hybridized carbons (Fsp3) is 0.143. The van der Waals surface area contributed by atoms with Crippen LogP contribution >= 0.6 is 0 Å². The van der Waals surface area contributed by atoms with E-state index in [0.717, 1.165) is 12.0 Å². The van der Waals surface area contributed by atoms with Crippen molar-refractivity contribution in [2.45, 2.75) is 12.5 Å². The number of para-hydroxylation sites is 1. The summed E-state index contributed by atoms with van der Waals surface area (Å²) in [7, 11) is 0.